The highest BCUT2D eigenvalue weighted by Crippen LogP contribution is 2.28. The molecular formula is C19H24N4O3S. The van der Waals surface area contributed by atoms with Crippen molar-refractivity contribution in [2.24, 2.45) is 0 Å². The van der Waals surface area contributed by atoms with Crippen LogP contribution in [0.1, 0.15) is 23.1 Å². The maximum Gasteiger partial charge on any atom is 0.413 e. The van der Waals surface area contributed by atoms with Gasteiger partial charge in [-0.25, -0.2) is 9.78 Å². The Balaban J connectivity index is 1.44. The third kappa shape index (κ3) is 5.77. The van der Waals surface area contributed by atoms with Crippen LogP contribution in [0.4, 0.5) is 9.93 Å². The molecule has 7 nitrogen and oxygen atoms in total. The summed E-state index contributed by atoms with van der Waals surface area (Å²) in [6, 6.07) is 10.1. The van der Waals surface area contributed by atoms with Gasteiger partial charge in [-0.2, -0.15) is 0 Å². The van der Waals surface area contributed by atoms with E-state index >= 15 is 0 Å². The molecule has 0 aliphatic carbocycles. The van der Waals surface area contributed by atoms with Crippen molar-refractivity contribution in [3.8, 4) is 0 Å². The Kier molecular flexibility index (Phi) is 6.78. The van der Waals surface area contributed by atoms with Crippen LogP contribution in [-0.2, 0) is 28.9 Å². The molecule has 0 saturated heterocycles. The minimum absolute atomic E-state index is 0.0313. The van der Waals surface area contributed by atoms with Gasteiger partial charge in [0.1, 0.15) is 0 Å². The maximum absolute atomic E-state index is 12.2. The molecule has 2 amide bonds. The summed E-state index contributed by atoms with van der Waals surface area (Å²) in [7, 11) is 0. The van der Waals surface area contributed by atoms with Crippen molar-refractivity contribution in [2.45, 2.75) is 26.3 Å². The molecule has 2 aromatic rings. The van der Waals surface area contributed by atoms with Crippen LogP contribution in [0.25, 0.3) is 0 Å². The normalized spacial score (nSPS) is 13.7. The van der Waals surface area contributed by atoms with E-state index in [-0.39, 0.29) is 5.91 Å². The Hall–Kier alpha value is -2.45. The molecule has 0 saturated carbocycles. The summed E-state index contributed by atoms with van der Waals surface area (Å²) in [6.07, 6.45) is 1.11. The summed E-state index contributed by atoms with van der Waals surface area (Å²) in [6.45, 7) is 4.54. The first-order chi connectivity index (χ1) is 13.1. The lowest BCUT2D eigenvalue weighted by molar-refractivity contribution is -0.122. The third-order valence-corrected chi connectivity index (χ3v) is 5.24. The lowest BCUT2D eigenvalue weighted by Gasteiger charge is -2.25. The van der Waals surface area contributed by atoms with Gasteiger partial charge in [0.2, 0.25) is 5.91 Å². The van der Waals surface area contributed by atoms with Gasteiger partial charge in [-0.15, -0.1) is 0 Å². The van der Waals surface area contributed by atoms with E-state index < -0.39 is 6.09 Å². The molecule has 0 radical (unpaired) electrons. The Morgan fingerprint density at radius 2 is 2.11 bits per heavy atom. The van der Waals surface area contributed by atoms with Gasteiger partial charge in [0, 0.05) is 30.9 Å². The van der Waals surface area contributed by atoms with Crippen molar-refractivity contribution in [3.05, 3.63) is 46.5 Å². The zero-order valence-electron chi connectivity index (χ0n) is 15.4. The lowest BCUT2D eigenvalue weighted by Crippen LogP contribution is -2.40. The average Bonchev–Trinajstić information content (AvgIpc) is 3.04. The number of fused-ring (bicyclic) bond motifs is 1. The minimum Gasteiger partial charge on any atom is -0.450 e. The molecule has 144 valence electrons. The Morgan fingerprint density at radius 3 is 2.89 bits per heavy atom. The van der Waals surface area contributed by atoms with Crippen LogP contribution in [0.3, 0.4) is 0 Å². The number of hydrogen-bond donors (Lipinski definition) is 2. The number of ether oxygens (including phenoxy) is 1. The van der Waals surface area contributed by atoms with Gasteiger partial charge in [-0.3, -0.25) is 15.0 Å². The number of carbonyl (C=O) groups is 2. The number of hydrogen-bond acceptors (Lipinski definition) is 6. The summed E-state index contributed by atoms with van der Waals surface area (Å²) in [5.41, 5.74) is 2.21. The maximum atomic E-state index is 12.2. The van der Waals surface area contributed by atoms with Crippen molar-refractivity contribution in [1.82, 2.24) is 15.2 Å². The summed E-state index contributed by atoms with van der Waals surface area (Å²) >= 11 is 1.44. The Morgan fingerprint density at radius 1 is 1.30 bits per heavy atom. The second-order valence-electron chi connectivity index (χ2n) is 6.28. The van der Waals surface area contributed by atoms with Crippen molar-refractivity contribution >= 4 is 28.5 Å². The van der Waals surface area contributed by atoms with Gasteiger partial charge in [-0.05, 0) is 18.9 Å². The predicted molar refractivity (Wildman–Crippen MR) is 105 cm³/mol. The quantitative estimate of drug-likeness (QED) is 0.761. The van der Waals surface area contributed by atoms with Crippen LogP contribution >= 0.6 is 11.3 Å². The Labute approximate surface area is 162 Å². The summed E-state index contributed by atoms with van der Waals surface area (Å²) in [4.78, 5) is 31.3. The second-order valence-corrected chi connectivity index (χ2v) is 7.36. The van der Waals surface area contributed by atoms with E-state index in [1.807, 2.05) is 18.2 Å². The zero-order chi connectivity index (χ0) is 19.1. The molecule has 3 rings (SSSR count). The van der Waals surface area contributed by atoms with E-state index in [2.05, 4.69) is 32.7 Å². The van der Waals surface area contributed by atoms with Gasteiger partial charge in [-0.1, -0.05) is 41.7 Å². The molecule has 1 aliphatic rings. The molecule has 2 heterocycles. The number of carbonyl (C=O) groups excluding carboxylic acids is 2. The molecular weight excluding hydrogens is 364 g/mol. The molecule has 1 aromatic carbocycles. The first-order valence-electron chi connectivity index (χ1n) is 9.09. The lowest BCUT2D eigenvalue weighted by atomic mass is 10.1. The molecule has 0 atom stereocenters. The fourth-order valence-electron chi connectivity index (χ4n) is 2.94. The smallest absolute Gasteiger partial charge is 0.413 e. The monoisotopic (exact) mass is 388 g/mol. The van der Waals surface area contributed by atoms with E-state index in [1.165, 1.54) is 16.9 Å². The van der Waals surface area contributed by atoms with Crippen molar-refractivity contribution in [2.75, 3.05) is 31.6 Å². The number of benzene rings is 1. The fraction of sp³-hybridized carbons (Fsp3) is 0.421. The van der Waals surface area contributed by atoms with Crippen molar-refractivity contribution in [3.63, 3.8) is 0 Å². The van der Waals surface area contributed by atoms with Crippen molar-refractivity contribution < 1.29 is 14.3 Å². The van der Waals surface area contributed by atoms with Gasteiger partial charge >= 0.3 is 6.09 Å². The molecule has 0 fully saturated rings. The molecule has 1 aliphatic heterocycles. The number of anilines is 1. The van der Waals surface area contributed by atoms with E-state index in [0.29, 0.717) is 31.4 Å². The van der Waals surface area contributed by atoms with Crippen LogP contribution in [0.5, 0.6) is 0 Å². The van der Waals surface area contributed by atoms with E-state index in [1.54, 1.807) is 6.92 Å². The number of nitrogens with one attached hydrogen (secondary N) is 2. The molecule has 27 heavy (non-hydrogen) atoms. The predicted octanol–water partition coefficient (Wildman–Crippen LogP) is 2.43. The highest BCUT2D eigenvalue weighted by Gasteiger charge is 2.22. The van der Waals surface area contributed by atoms with E-state index in [9.17, 15) is 9.59 Å². The first kappa shape index (κ1) is 19.3. The minimum atomic E-state index is -0.488. The zero-order valence-corrected chi connectivity index (χ0v) is 16.2. The molecule has 0 unspecified atom stereocenters. The number of rotatable bonds is 7. The molecule has 8 heteroatoms. The van der Waals surface area contributed by atoms with Crippen LogP contribution < -0.4 is 10.6 Å². The number of thiazole rings is 1. The van der Waals surface area contributed by atoms with Gasteiger partial charge in [0.05, 0.1) is 18.8 Å². The average molecular weight is 388 g/mol. The second kappa shape index (κ2) is 9.48. The largest absolute Gasteiger partial charge is 0.450 e. The van der Waals surface area contributed by atoms with Crippen LogP contribution in [0.15, 0.2) is 30.3 Å². The molecule has 1 aromatic heterocycles. The summed E-state index contributed by atoms with van der Waals surface area (Å²) in [5.74, 6) is 0.0313. The van der Waals surface area contributed by atoms with Crippen LogP contribution in [0.2, 0.25) is 0 Å². The van der Waals surface area contributed by atoms with Crippen LogP contribution in [0, 0.1) is 0 Å². The summed E-state index contributed by atoms with van der Waals surface area (Å²) < 4.78 is 4.87. The van der Waals surface area contributed by atoms with Gasteiger partial charge < -0.3 is 10.1 Å². The highest BCUT2D eigenvalue weighted by molar-refractivity contribution is 7.15. The molecule has 0 bridgehead atoms. The SMILES string of the molecule is CCOC(=O)Nc1nc2c(s1)CN(CC(=O)NCCc1ccccc1)CC2. The van der Waals surface area contributed by atoms with Crippen LogP contribution in [-0.4, -0.2) is 48.1 Å². The van der Waals surface area contributed by atoms with Gasteiger partial charge in [0.25, 0.3) is 0 Å². The fourth-order valence-corrected chi connectivity index (χ4v) is 3.98. The number of amides is 2. The highest BCUT2D eigenvalue weighted by atomic mass is 32.1. The third-order valence-electron chi connectivity index (χ3n) is 4.24. The summed E-state index contributed by atoms with van der Waals surface area (Å²) in [5, 5.41) is 6.18. The number of nitrogens with zero attached hydrogens (tertiary/aromatic N) is 2. The van der Waals surface area contributed by atoms with E-state index in [4.69, 9.17) is 4.74 Å². The Bertz CT molecular complexity index is 779. The number of aromatic nitrogens is 1. The van der Waals surface area contributed by atoms with E-state index in [0.717, 1.165) is 30.0 Å². The van der Waals surface area contributed by atoms with Crippen molar-refractivity contribution in [1.29, 1.82) is 0 Å². The molecule has 2 N–H and O–H groups in total. The van der Waals surface area contributed by atoms with Gasteiger partial charge in [0.15, 0.2) is 5.13 Å². The molecule has 0 spiro atoms. The first-order valence-corrected chi connectivity index (χ1v) is 9.91. The standard InChI is InChI=1S/C19H24N4O3S/c1-2-26-19(25)22-18-21-15-9-11-23(12-16(15)27-18)13-17(24)20-10-8-14-6-4-3-5-7-14/h3-7H,2,8-13H2,1H3,(H,20,24)(H,21,22,25). The topological polar surface area (TPSA) is 83.6 Å².